The SMILES string of the molecule is CCC(O)O[C@@H]1[C@@H](O)[C@@H](O)[C@@H](CO)O[C@H]1O. The summed E-state index contributed by atoms with van der Waals surface area (Å²) in [5, 5.41) is 46.6. The first-order valence-electron chi connectivity index (χ1n) is 5.15. The van der Waals surface area contributed by atoms with Crippen LogP contribution in [-0.4, -0.2) is 69.1 Å². The minimum atomic E-state index is -1.50. The Morgan fingerprint density at radius 1 is 1.25 bits per heavy atom. The fourth-order valence-corrected chi connectivity index (χ4v) is 1.50. The van der Waals surface area contributed by atoms with Gasteiger partial charge in [0.25, 0.3) is 0 Å². The fourth-order valence-electron chi connectivity index (χ4n) is 1.50. The largest absolute Gasteiger partial charge is 0.394 e. The molecule has 1 aliphatic rings. The maximum Gasteiger partial charge on any atom is 0.184 e. The van der Waals surface area contributed by atoms with Crippen molar-refractivity contribution in [3.63, 3.8) is 0 Å². The summed E-state index contributed by atoms with van der Waals surface area (Å²) in [7, 11) is 0. The molecule has 5 N–H and O–H groups in total. The van der Waals surface area contributed by atoms with Gasteiger partial charge in [0.1, 0.15) is 24.4 Å². The summed E-state index contributed by atoms with van der Waals surface area (Å²) < 4.78 is 9.75. The van der Waals surface area contributed by atoms with Crippen molar-refractivity contribution in [2.24, 2.45) is 0 Å². The van der Waals surface area contributed by atoms with Crippen molar-refractivity contribution in [1.29, 1.82) is 0 Å². The second kappa shape index (κ2) is 5.87. The number of ether oxygens (including phenoxy) is 2. The highest BCUT2D eigenvalue weighted by molar-refractivity contribution is 4.89. The maximum absolute atomic E-state index is 9.62. The van der Waals surface area contributed by atoms with E-state index in [0.717, 1.165) is 0 Å². The summed E-state index contributed by atoms with van der Waals surface area (Å²) in [4.78, 5) is 0. The summed E-state index contributed by atoms with van der Waals surface area (Å²) in [6.45, 7) is 1.12. The highest BCUT2D eigenvalue weighted by Gasteiger charge is 2.44. The Labute approximate surface area is 92.9 Å². The lowest BCUT2D eigenvalue weighted by Crippen LogP contribution is -2.60. The Bertz CT molecular complexity index is 212. The Balaban J connectivity index is 2.64. The highest BCUT2D eigenvalue weighted by atomic mass is 16.7. The van der Waals surface area contributed by atoms with Crippen molar-refractivity contribution >= 4 is 0 Å². The van der Waals surface area contributed by atoms with Crippen LogP contribution in [0.3, 0.4) is 0 Å². The van der Waals surface area contributed by atoms with E-state index in [4.69, 9.17) is 14.6 Å². The van der Waals surface area contributed by atoms with Crippen LogP contribution in [0, 0.1) is 0 Å². The van der Waals surface area contributed by atoms with Gasteiger partial charge in [-0.3, -0.25) is 0 Å². The molecule has 1 fully saturated rings. The number of rotatable bonds is 4. The Hall–Kier alpha value is -0.280. The van der Waals surface area contributed by atoms with Gasteiger partial charge in [0.05, 0.1) is 6.61 Å². The number of aliphatic hydroxyl groups is 5. The van der Waals surface area contributed by atoms with Crippen LogP contribution < -0.4 is 0 Å². The summed E-state index contributed by atoms with van der Waals surface area (Å²) in [6, 6.07) is 0. The van der Waals surface area contributed by atoms with Crippen LogP contribution in [0.15, 0.2) is 0 Å². The summed E-state index contributed by atoms with van der Waals surface area (Å²) in [5.74, 6) is 0. The van der Waals surface area contributed by atoms with Gasteiger partial charge < -0.3 is 35.0 Å². The molecule has 1 aliphatic heterocycles. The second-order valence-corrected chi connectivity index (χ2v) is 3.69. The Kier molecular flexibility index (Phi) is 5.06. The summed E-state index contributed by atoms with van der Waals surface area (Å²) in [6.07, 6.45) is -7.50. The third kappa shape index (κ3) is 2.89. The molecule has 0 aromatic carbocycles. The van der Waals surface area contributed by atoms with E-state index in [-0.39, 0.29) is 6.42 Å². The smallest absolute Gasteiger partial charge is 0.184 e. The first-order valence-corrected chi connectivity index (χ1v) is 5.15. The van der Waals surface area contributed by atoms with E-state index in [0.29, 0.717) is 0 Å². The minimum absolute atomic E-state index is 0.273. The molecule has 16 heavy (non-hydrogen) atoms. The average molecular weight is 238 g/mol. The molecule has 1 saturated heterocycles. The molecule has 0 radical (unpaired) electrons. The molecule has 0 bridgehead atoms. The molecular formula is C9H18O7. The monoisotopic (exact) mass is 238 g/mol. The highest BCUT2D eigenvalue weighted by Crippen LogP contribution is 2.23. The molecule has 7 nitrogen and oxygen atoms in total. The van der Waals surface area contributed by atoms with Gasteiger partial charge in [0.2, 0.25) is 0 Å². The van der Waals surface area contributed by atoms with Crippen LogP contribution in [0.2, 0.25) is 0 Å². The number of hydrogen-bond donors (Lipinski definition) is 5. The molecule has 0 aromatic rings. The van der Waals surface area contributed by atoms with Gasteiger partial charge in [0.15, 0.2) is 12.6 Å². The first kappa shape index (κ1) is 13.8. The molecule has 1 rings (SSSR count). The van der Waals surface area contributed by atoms with Crippen LogP contribution >= 0.6 is 0 Å². The molecule has 0 aromatic heterocycles. The third-order valence-electron chi connectivity index (χ3n) is 2.51. The van der Waals surface area contributed by atoms with Gasteiger partial charge in [-0.2, -0.15) is 0 Å². The molecule has 1 heterocycles. The van der Waals surface area contributed by atoms with E-state index in [2.05, 4.69) is 0 Å². The van der Waals surface area contributed by atoms with Crippen molar-refractivity contribution in [1.82, 2.24) is 0 Å². The van der Waals surface area contributed by atoms with Crippen LogP contribution in [0.1, 0.15) is 13.3 Å². The van der Waals surface area contributed by atoms with Gasteiger partial charge >= 0.3 is 0 Å². The van der Waals surface area contributed by atoms with Crippen molar-refractivity contribution in [2.75, 3.05) is 6.61 Å². The predicted molar refractivity (Wildman–Crippen MR) is 51.2 cm³/mol. The van der Waals surface area contributed by atoms with E-state index in [1.165, 1.54) is 0 Å². The van der Waals surface area contributed by atoms with Crippen LogP contribution in [-0.2, 0) is 9.47 Å². The third-order valence-corrected chi connectivity index (χ3v) is 2.51. The fraction of sp³-hybridized carbons (Fsp3) is 1.00. The predicted octanol–water partition coefficient (Wildman–Crippen LogP) is -2.47. The Morgan fingerprint density at radius 3 is 2.38 bits per heavy atom. The van der Waals surface area contributed by atoms with Crippen molar-refractivity contribution in [2.45, 2.75) is 50.3 Å². The lowest BCUT2D eigenvalue weighted by molar-refractivity contribution is -0.319. The maximum atomic E-state index is 9.62. The van der Waals surface area contributed by atoms with E-state index in [1.807, 2.05) is 0 Å². The van der Waals surface area contributed by atoms with Gasteiger partial charge in [-0.05, 0) is 6.42 Å². The quantitative estimate of drug-likeness (QED) is 0.344. The molecule has 0 aliphatic carbocycles. The molecule has 1 unspecified atom stereocenters. The molecule has 6 atom stereocenters. The zero-order valence-electron chi connectivity index (χ0n) is 8.93. The van der Waals surface area contributed by atoms with Gasteiger partial charge in [-0.1, -0.05) is 6.92 Å². The van der Waals surface area contributed by atoms with Gasteiger partial charge in [0, 0.05) is 0 Å². The van der Waals surface area contributed by atoms with Crippen molar-refractivity contribution in [3.8, 4) is 0 Å². The average Bonchev–Trinajstić information content (AvgIpc) is 2.28. The second-order valence-electron chi connectivity index (χ2n) is 3.69. The zero-order valence-corrected chi connectivity index (χ0v) is 8.93. The summed E-state index contributed by atoms with van der Waals surface area (Å²) in [5.41, 5.74) is 0. The number of aliphatic hydroxyl groups excluding tert-OH is 5. The van der Waals surface area contributed by atoms with Crippen LogP contribution in [0.5, 0.6) is 0 Å². The molecular weight excluding hydrogens is 220 g/mol. The van der Waals surface area contributed by atoms with Crippen molar-refractivity contribution < 1.29 is 35.0 Å². The van der Waals surface area contributed by atoms with Crippen molar-refractivity contribution in [3.05, 3.63) is 0 Å². The van der Waals surface area contributed by atoms with Crippen LogP contribution in [0.25, 0.3) is 0 Å². The van der Waals surface area contributed by atoms with Crippen LogP contribution in [0.4, 0.5) is 0 Å². The standard InChI is InChI=1S/C9H18O7/c1-2-5(11)16-8-7(13)6(12)4(3-10)15-9(8)14/h4-14H,2-3H2,1H3/t4-,5?,6+,7+,8-,9-/m1/s1. The van der Waals surface area contributed by atoms with E-state index < -0.39 is 43.6 Å². The van der Waals surface area contributed by atoms with Gasteiger partial charge in [-0.15, -0.1) is 0 Å². The van der Waals surface area contributed by atoms with E-state index >= 15 is 0 Å². The minimum Gasteiger partial charge on any atom is -0.394 e. The molecule has 7 heteroatoms. The molecule has 96 valence electrons. The zero-order chi connectivity index (χ0) is 12.3. The topological polar surface area (TPSA) is 120 Å². The lowest BCUT2D eigenvalue weighted by atomic mass is 9.99. The van der Waals surface area contributed by atoms with E-state index in [9.17, 15) is 20.4 Å². The summed E-state index contributed by atoms with van der Waals surface area (Å²) >= 11 is 0. The molecule has 0 spiro atoms. The van der Waals surface area contributed by atoms with E-state index in [1.54, 1.807) is 6.92 Å². The normalized spacial score (nSPS) is 42.0. The first-order chi connectivity index (χ1) is 7.51. The number of hydrogen-bond acceptors (Lipinski definition) is 7. The lowest BCUT2D eigenvalue weighted by Gasteiger charge is -2.40. The molecule has 0 amide bonds. The Morgan fingerprint density at radius 2 is 1.88 bits per heavy atom. The van der Waals surface area contributed by atoms with Gasteiger partial charge in [-0.25, -0.2) is 0 Å². The molecule has 0 saturated carbocycles.